The zero-order chi connectivity index (χ0) is 18.2. The van der Waals surface area contributed by atoms with Crippen LogP contribution in [0.4, 0.5) is 0 Å². The van der Waals surface area contributed by atoms with Gasteiger partial charge < -0.3 is 20.3 Å². The third-order valence-corrected chi connectivity index (χ3v) is 4.22. The third-order valence-electron chi connectivity index (χ3n) is 4.22. The number of nitrogens with one attached hydrogen (secondary N) is 2. The van der Waals surface area contributed by atoms with Crippen LogP contribution in [0.2, 0.25) is 0 Å². The van der Waals surface area contributed by atoms with Crippen LogP contribution in [0.15, 0.2) is 65.8 Å². The van der Waals surface area contributed by atoms with Crippen molar-refractivity contribution >= 4 is 40.8 Å². The fourth-order valence-corrected chi connectivity index (χ4v) is 2.96. The van der Waals surface area contributed by atoms with Crippen molar-refractivity contribution in [1.82, 2.24) is 15.2 Å². The van der Waals surface area contributed by atoms with Crippen molar-refractivity contribution in [2.24, 2.45) is 4.99 Å². The normalized spacial score (nSPS) is 11.2. The van der Waals surface area contributed by atoms with Crippen molar-refractivity contribution in [2.45, 2.75) is 26.4 Å². The number of aromatic nitrogens is 1. The summed E-state index contributed by atoms with van der Waals surface area (Å²) in [6, 6.07) is 17.8. The van der Waals surface area contributed by atoms with E-state index in [0.29, 0.717) is 6.54 Å². The maximum atomic E-state index is 9.54. The molecule has 1 heterocycles. The van der Waals surface area contributed by atoms with Gasteiger partial charge >= 0.3 is 0 Å². The number of guanidine groups is 1. The van der Waals surface area contributed by atoms with Gasteiger partial charge in [0.05, 0.1) is 6.54 Å². The lowest BCUT2D eigenvalue weighted by Crippen LogP contribution is -2.38. The first-order valence-electron chi connectivity index (χ1n) is 9.10. The molecule has 0 spiro atoms. The van der Waals surface area contributed by atoms with E-state index in [2.05, 4.69) is 63.6 Å². The molecular formula is C21H27IN4O. The second-order valence-electron chi connectivity index (χ2n) is 6.21. The fraction of sp³-hybridized carbons (Fsp3) is 0.286. The summed E-state index contributed by atoms with van der Waals surface area (Å²) < 4.78 is 2.29. The zero-order valence-electron chi connectivity index (χ0n) is 15.6. The van der Waals surface area contributed by atoms with Gasteiger partial charge in [-0.1, -0.05) is 30.3 Å². The first-order chi connectivity index (χ1) is 12.8. The number of phenols is 1. The number of aryl methyl sites for hydroxylation is 1. The number of aliphatic imine (C=N–C) groups is 1. The number of para-hydroxylation sites is 1. The molecule has 0 amide bonds. The van der Waals surface area contributed by atoms with Gasteiger partial charge in [0.1, 0.15) is 5.75 Å². The molecule has 5 nitrogen and oxygen atoms in total. The summed E-state index contributed by atoms with van der Waals surface area (Å²) in [5.74, 6) is 1.07. The standard InChI is InChI=1S/C21H26N4O.HI/c1-2-22-21(24-16-17-7-5-9-19(26)15-17)23-12-6-13-25-14-11-18-8-3-4-10-20(18)25;/h3-5,7-11,14-15,26H,2,6,12-13,16H2,1H3,(H2,22,23,24);1H. The first kappa shape index (κ1) is 21.1. The Labute approximate surface area is 177 Å². The van der Waals surface area contributed by atoms with Crippen molar-refractivity contribution < 1.29 is 5.11 Å². The summed E-state index contributed by atoms with van der Waals surface area (Å²) in [6.07, 6.45) is 3.15. The van der Waals surface area contributed by atoms with Crippen LogP contribution in [0.25, 0.3) is 10.9 Å². The molecule has 3 N–H and O–H groups in total. The molecule has 0 radical (unpaired) electrons. The van der Waals surface area contributed by atoms with E-state index in [4.69, 9.17) is 0 Å². The van der Waals surface area contributed by atoms with Gasteiger partial charge in [0.15, 0.2) is 5.96 Å². The summed E-state index contributed by atoms with van der Waals surface area (Å²) in [5.41, 5.74) is 2.26. The van der Waals surface area contributed by atoms with Crippen LogP contribution >= 0.6 is 24.0 Å². The third kappa shape index (κ3) is 6.16. The number of hydrogen-bond acceptors (Lipinski definition) is 2. The number of nitrogens with zero attached hydrogens (tertiary/aromatic N) is 2. The average molecular weight is 478 g/mol. The Morgan fingerprint density at radius 3 is 2.74 bits per heavy atom. The minimum atomic E-state index is 0. The van der Waals surface area contributed by atoms with Crippen LogP contribution in [-0.4, -0.2) is 28.7 Å². The molecule has 0 fully saturated rings. The lowest BCUT2D eigenvalue weighted by atomic mass is 10.2. The quantitative estimate of drug-likeness (QED) is 0.207. The highest BCUT2D eigenvalue weighted by atomic mass is 127. The highest BCUT2D eigenvalue weighted by Crippen LogP contribution is 2.15. The largest absolute Gasteiger partial charge is 0.508 e. The fourth-order valence-electron chi connectivity index (χ4n) is 2.96. The molecule has 0 aliphatic carbocycles. The summed E-state index contributed by atoms with van der Waals surface area (Å²) >= 11 is 0. The maximum Gasteiger partial charge on any atom is 0.191 e. The van der Waals surface area contributed by atoms with E-state index in [1.165, 1.54) is 10.9 Å². The molecule has 27 heavy (non-hydrogen) atoms. The summed E-state index contributed by atoms with van der Waals surface area (Å²) in [7, 11) is 0. The predicted molar refractivity (Wildman–Crippen MR) is 123 cm³/mol. The van der Waals surface area contributed by atoms with Gasteiger partial charge in [-0.15, -0.1) is 24.0 Å². The van der Waals surface area contributed by atoms with Crippen LogP contribution in [0.1, 0.15) is 18.9 Å². The molecule has 0 aliphatic heterocycles. The molecule has 3 rings (SSSR count). The minimum absolute atomic E-state index is 0. The van der Waals surface area contributed by atoms with Crippen molar-refractivity contribution in [3.05, 3.63) is 66.4 Å². The van der Waals surface area contributed by atoms with Crippen LogP contribution in [0, 0.1) is 0 Å². The molecule has 3 aromatic rings. The van der Waals surface area contributed by atoms with E-state index in [-0.39, 0.29) is 29.7 Å². The lowest BCUT2D eigenvalue weighted by Gasteiger charge is -2.12. The molecule has 0 aliphatic rings. The Hall–Kier alpha value is -2.22. The van der Waals surface area contributed by atoms with E-state index in [0.717, 1.165) is 37.6 Å². The maximum absolute atomic E-state index is 9.54. The van der Waals surface area contributed by atoms with Gasteiger partial charge in [0, 0.05) is 31.3 Å². The van der Waals surface area contributed by atoms with Gasteiger partial charge in [-0.05, 0) is 48.6 Å². The molecule has 6 heteroatoms. The molecule has 0 saturated carbocycles. The second-order valence-corrected chi connectivity index (χ2v) is 6.21. The van der Waals surface area contributed by atoms with E-state index in [9.17, 15) is 5.11 Å². The van der Waals surface area contributed by atoms with Gasteiger partial charge in [-0.3, -0.25) is 0 Å². The Morgan fingerprint density at radius 2 is 1.93 bits per heavy atom. The average Bonchev–Trinajstić information content (AvgIpc) is 3.06. The second kappa shape index (κ2) is 10.8. The monoisotopic (exact) mass is 478 g/mol. The van der Waals surface area contributed by atoms with E-state index in [1.807, 2.05) is 12.1 Å². The van der Waals surface area contributed by atoms with Crippen LogP contribution < -0.4 is 10.6 Å². The van der Waals surface area contributed by atoms with Crippen molar-refractivity contribution in [3.63, 3.8) is 0 Å². The topological polar surface area (TPSA) is 61.6 Å². The molecule has 0 bridgehead atoms. The van der Waals surface area contributed by atoms with E-state index in [1.54, 1.807) is 12.1 Å². The van der Waals surface area contributed by atoms with Crippen LogP contribution in [0.5, 0.6) is 5.75 Å². The SMILES string of the molecule is CCNC(=NCc1cccc(O)c1)NCCCn1ccc2ccccc21.I. The Morgan fingerprint density at radius 1 is 1.07 bits per heavy atom. The minimum Gasteiger partial charge on any atom is -0.508 e. The molecule has 0 unspecified atom stereocenters. The van der Waals surface area contributed by atoms with Gasteiger partial charge in [-0.25, -0.2) is 4.99 Å². The van der Waals surface area contributed by atoms with Crippen molar-refractivity contribution in [1.29, 1.82) is 0 Å². The number of benzene rings is 2. The number of hydrogen-bond donors (Lipinski definition) is 3. The summed E-state index contributed by atoms with van der Waals surface area (Å²) in [5, 5.41) is 17.5. The molecule has 0 atom stereocenters. The zero-order valence-corrected chi connectivity index (χ0v) is 17.9. The molecule has 1 aromatic heterocycles. The van der Waals surface area contributed by atoms with Gasteiger partial charge in [0.2, 0.25) is 0 Å². The predicted octanol–water partition coefficient (Wildman–Crippen LogP) is 4.11. The molecule has 2 aromatic carbocycles. The van der Waals surface area contributed by atoms with E-state index >= 15 is 0 Å². The summed E-state index contributed by atoms with van der Waals surface area (Å²) in [4.78, 5) is 4.59. The van der Waals surface area contributed by atoms with Crippen molar-refractivity contribution in [2.75, 3.05) is 13.1 Å². The molecular weight excluding hydrogens is 451 g/mol. The van der Waals surface area contributed by atoms with Crippen molar-refractivity contribution in [3.8, 4) is 5.75 Å². The molecule has 144 valence electrons. The number of phenolic OH excluding ortho intramolecular Hbond substituents is 1. The van der Waals surface area contributed by atoms with Crippen LogP contribution in [-0.2, 0) is 13.1 Å². The lowest BCUT2D eigenvalue weighted by molar-refractivity contribution is 0.474. The van der Waals surface area contributed by atoms with E-state index < -0.39 is 0 Å². The smallest absolute Gasteiger partial charge is 0.191 e. The Balaban J connectivity index is 0.00000261. The van der Waals surface area contributed by atoms with Gasteiger partial charge in [-0.2, -0.15) is 0 Å². The number of rotatable bonds is 7. The number of aromatic hydroxyl groups is 1. The Kier molecular flexibility index (Phi) is 8.44. The number of fused-ring (bicyclic) bond motifs is 1. The first-order valence-corrected chi connectivity index (χ1v) is 9.10. The number of halogens is 1. The molecule has 0 saturated heterocycles. The van der Waals surface area contributed by atoms with Gasteiger partial charge in [0.25, 0.3) is 0 Å². The highest BCUT2D eigenvalue weighted by molar-refractivity contribution is 14.0. The Bertz CT molecular complexity index is 875. The highest BCUT2D eigenvalue weighted by Gasteiger charge is 2.01. The summed E-state index contributed by atoms with van der Waals surface area (Å²) in [6.45, 7) is 5.21. The van der Waals surface area contributed by atoms with Crippen LogP contribution in [0.3, 0.4) is 0 Å².